The lowest BCUT2D eigenvalue weighted by Crippen LogP contribution is -2.14. The number of amides is 1. The second-order valence-electron chi connectivity index (χ2n) is 4.42. The predicted octanol–water partition coefficient (Wildman–Crippen LogP) is 2.85. The molecule has 0 radical (unpaired) electrons. The first-order chi connectivity index (χ1) is 9.67. The number of carbonyl (C=O) groups excluding carboxylic acids is 1. The second kappa shape index (κ2) is 6.61. The lowest BCUT2D eigenvalue weighted by molar-refractivity contribution is -0.115. The summed E-state index contributed by atoms with van der Waals surface area (Å²) in [6.07, 6.45) is 0.330. The van der Waals surface area contributed by atoms with Crippen LogP contribution < -0.4 is 15.8 Å². The molecule has 0 aliphatic carbocycles. The van der Waals surface area contributed by atoms with E-state index in [1.807, 2.05) is 31.2 Å². The van der Waals surface area contributed by atoms with Crippen LogP contribution in [-0.4, -0.2) is 12.5 Å². The van der Waals surface area contributed by atoms with Crippen molar-refractivity contribution in [3.63, 3.8) is 0 Å². The maximum atomic E-state index is 11.9. The molecule has 2 aromatic carbocycles. The van der Waals surface area contributed by atoms with Gasteiger partial charge in [-0.25, -0.2) is 0 Å². The van der Waals surface area contributed by atoms with Gasteiger partial charge < -0.3 is 15.8 Å². The molecular weight excluding hydrogens is 252 g/mol. The molecule has 0 fully saturated rings. The number of nitrogen functional groups attached to an aromatic ring is 1. The molecule has 0 heterocycles. The third-order valence-corrected chi connectivity index (χ3v) is 2.79. The van der Waals surface area contributed by atoms with Gasteiger partial charge >= 0.3 is 0 Å². The molecule has 4 nitrogen and oxygen atoms in total. The summed E-state index contributed by atoms with van der Waals surface area (Å²) in [4.78, 5) is 11.9. The van der Waals surface area contributed by atoms with Gasteiger partial charge in [0.2, 0.25) is 5.91 Å². The van der Waals surface area contributed by atoms with Crippen LogP contribution in [0.4, 0.5) is 11.4 Å². The molecule has 4 heteroatoms. The maximum absolute atomic E-state index is 11.9. The molecule has 2 rings (SSSR count). The number of anilines is 2. The fourth-order valence-corrected chi connectivity index (χ4v) is 1.83. The van der Waals surface area contributed by atoms with E-state index in [1.165, 1.54) is 0 Å². The molecule has 0 saturated heterocycles. The fraction of sp³-hybridized carbons (Fsp3) is 0.188. The summed E-state index contributed by atoms with van der Waals surface area (Å²) >= 11 is 0. The Morgan fingerprint density at radius 3 is 2.35 bits per heavy atom. The summed E-state index contributed by atoms with van der Waals surface area (Å²) in [6.45, 7) is 2.57. The van der Waals surface area contributed by atoms with E-state index in [9.17, 15) is 4.79 Å². The highest BCUT2D eigenvalue weighted by atomic mass is 16.5. The first-order valence-corrected chi connectivity index (χ1v) is 6.54. The normalized spacial score (nSPS) is 10.1. The van der Waals surface area contributed by atoms with Crippen LogP contribution in [0.2, 0.25) is 0 Å². The molecule has 0 aromatic heterocycles. The van der Waals surface area contributed by atoms with Gasteiger partial charge in [-0.3, -0.25) is 4.79 Å². The van der Waals surface area contributed by atoms with Crippen molar-refractivity contribution in [3.05, 3.63) is 54.1 Å². The predicted molar refractivity (Wildman–Crippen MR) is 80.8 cm³/mol. The molecule has 0 bridgehead atoms. The van der Waals surface area contributed by atoms with Gasteiger partial charge in [0, 0.05) is 11.4 Å². The summed E-state index contributed by atoms with van der Waals surface area (Å²) in [5, 5.41) is 2.83. The first-order valence-electron chi connectivity index (χ1n) is 6.54. The minimum Gasteiger partial charge on any atom is -0.494 e. The molecular formula is C16H18N2O2. The molecule has 0 saturated carbocycles. The van der Waals surface area contributed by atoms with E-state index in [0.29, 0.717) is 18.7 Å². The number of nitrogens with one attached hydrogen (secondary N) is 1. The van der Waals surface area contributed by atoms with Crippen molar-refractivity contribution in [1.29, 1.82) is 0 Å². The third kappa shape index (κ3) is 4.02. The summed E-state index contributed by atoms with van der Waals surface area (Å²) in [6, 6.07) is 14.6. The summed E-state index contributed by atoms with van der Waals surface area (Å²) in [5.41, 5.74) is 7.96. The quantitative estimate of drug-likeness (QED) is 0.821. The lowest BCUT2D eigenvalue weighted by Gasteiger charge is -2.07. The molecule has 3 N–H and O–H groups in total. The van der Waals surface area contributed by atoms with Crippen LogP contribution in [0.15, 0.2) is 48.5 Å². The van der Waals surface area contributed by atoms with Crippen molar-refractivity contribution < 1.29 is 9.53 Å². The minimum atomic E-state index is -0.0565. The summed E-state index contributed by atoms with van der Waals surface area (Å²) < 4.78 is 5.36. The highest BCUT2D eigenvalue weighted by Crippen LogP contribution is 2.14. The zero-order valence-electron chi connectivity index (χ0n) is 11.4. The van der Waals surface area contributed by atoms with Crippen molar-refractivity contribution >= 4 is 17.3 Å². The molecule has 20 heavy (non-hydrogen) atoms. The molecule has 0 aliphatic heterocycles. The molecule has 104 valence electrons. The Morgan fingerprint density at radius 1 is 1.10 bits per heavy atom. The molecule has 0 unspecified atom stereocenters. The van der Waals surface area contributed by atoms with Crippen LogP contribution in [-0.2, 0) is 11.2 Å². The fourth-order valence-electron chi connectivity index (χ4n) is 1.83. The van der Waals surface area contributed by atoms with Gasteiger partial charge in [0.1, 0.15) is 5.75 Å². The van der Waals surface area contributed by atoms with Gasteiger partial charge in [-0.1, -0.05) is 12.1 Å². The Labute approximate surface area is 118 Å². The highest BCUT2D eigenvalue weighted by molar-refractivity contribution is 5.92. The summed E-state index contributed by atoms with van der Waals surface area (Å²) in [7, 11) is 0. The Bertz CT molecular complexity index is 562. The zero-order chi connectivity index (χ0) is 14.4. The van der Waals surface area contributed by atoms with Crippen LogP contribution >= 0.6 is 0 Å². The average Bonchev–Trinajstić information content (AvgIpc) is 2.44. The van der Waals surface area contributed by atoms with E-state index in [-0.39, 0.29) is 5.91 Å². The van der Waals surface area contributed by atoms with Crippen LogP contribution in [0.25, 0.3) is 0 Å². The summed E-state index contributed by atoms with van der Waals surface area (Å²) in [5.74, 6) is 0.758. The minimum absolute atomic E-state index is 0.0565. The molecule has 0 aliphatic rings. The van der Waals surface area contributed by atoms with E-state index in [1.54, 1.807) is 24.3 Å². The molecule has 0 atom stereocenters. The maximum Gasteiger partial charge on any atom is 0.228 e. The van der Waals surface area contributed by atoms with Crippen molar-refractivity contribution in [3.8, 4) is 5.75 Å². The first kappa shape index (κ1) is 13.9. The number of hydrogen-bond donors (Lipinski definition) is 2. The van der Waals surface area contributed by atoms with E-state index < -0.39 is 0 Å². The SMILES string of the molecule is CCOc1ccc(CC(=O)Nc2ccc(N)cc2)cc1. The van der Waals surface area contributed by atoms with Crippen LogP contribution in [0.5, 0.6) is 5.75 Å². The van der Waals surface area contributed by atoms with Gasteiger partial charge in [-0.15, -0.1) is 0 Å². The topological polar surface area (TPSA) is 64.3 Å². The Balaban J connectivity index is 1.92. The van der Waals surface area contributed by atoms with E-state index >= 15 is 0 Å². The van der Waals surface area contributed by atoms with Gasteiger partial charge in [-0.05, 0) is 48.9 Å². The van der Waals surface area contributed by atoms with Crippen LogP contribution in [0.1, 0.15) is 12.5 Å². The Hall–Kier alpha value is -2.49. The molecule has 1 amide bonds. The van der Waals surface area contributed by atoms with E-state index in [4.69, 9.17) is 10.5 Å². The highest BCUT2D eigenvalue weighted by Gasteiger charge is 2.04. The smallest absolute Gasteiger partial charge is 0.228 e. The number of nitrogens with two attached hydrogens (primary N) is 1. The number of ether oxygens (including phenoxy) is 1. The van der Waals surface area contributed by atoms with Crippen molar-refractivity contribution in [2.24, 2.45) is 0 Å². The van der Waals surface area contributed by atoms with Gasteiger partial charge in [0.25, 0.3) is 0 Å². The lowest BCUT2D eigenvalue weighted by atomic mass is 10.1. The van der Waals surface area contributed by atoms with Crippen molar-refractivity contribution in [1.82, 2.24) is 0 Å². The van der Waals surface area contributed by atoms with Crippen molar-refractivity contribution in [2.45, 2.75) is 13.3 Å². The van der Waals surface area contributed by atoms with Gasteiger partial charge in [0.15, 0.2) is 0 Å². The number of hydrogen-bond acceptors (Lipinski definition) is 3. The Kier molecular flexibility index (Phi) is 4.60. The third-order valence-electron chi connectivity index (χ3n) is 2.79. The average molecular weight is 270 g/mol. The second-order valence-corrected chi connectivity index (χ2v) is 4.42. The standard InChI is InChI=1S/C16H18N2O2/c1-2-20-15-9-3-12(4-10-15)11-16(19)18-14-7-5-13(17)6-8-14/h3-10H,2,11,17H2,1H3,(H,18,19). The number of rotatable bonds is 5. The van der Waals surface area contributed by atoms with E-state index in [0.717, 1.165) is 17.0 Å². The number of benzene rings is 2. The number of carbonyl (C=O) groups is 1. The van der Waals surface area contributed by atoms with Crippen LogP contribution in [0.3, 0.4) is 0 Å². The zero-order valence-corrected chi connectivity index (χ0v) is 11.4. The largest absolute Gasteiger partial charge is 0.494 e. The molecule has 2 aromatic rings. The van der Waals surface area contributed by atoms with Crippen molar-refractivity contribution in [2.75, 3.05) is 17.7 Å². The van der Waals surface area contributed by atoms with Gasteiger partial charge in [0.05, 0.1) is 13.0 Å². The monoisotopic (exact) mass is 270 g/mol. The van der Waals surface area contributed by atoms with E-state index in [2.05, 4.69) is 5.32 Å². The Morgan fingerprint density at radius 2 is 1.75 bits per heavy atom. The van der Waals surface area contributed by atoms with Crippen LogP contribution in [0, 0.1) is 0 Å². The molecule has 0 spiro atoms. The van der Waals surface area contributed by atoms with Gasteiger partial charge in [-0.2, -0.15) is 0 Å².